The number of esters is 1. The van der Waals surface area contributed by atoms with Crippen molar-refractivity contribution >= 4 is 15.8 Å². The Morgan fingerprint density at radius 2 is 1.90 bits per heavy atom. The van der Waals surface area contributed by atoms with E-state index in [2.05, 4.69) is 10.2 Å². The van der Waals surface area contributed by atoms with Crippen LogP contribution in [0.3, 0.4) is 0 Å². The molecule has 1 aliphatic rings. The second-order valence-electron chi connectivity index (χ2n) is 5.75. The van der Waals surface area contributed by atoms with Gasteiger partial charge >= 0.3 is 5.97 Å². The minimum Gasteiger partial charge on any atom is -0.465 e. The molecule has 0 aromatic carbocycles. The fourth-order valence-electron chi connectivity index (χ4n) is 2.41. The summed E-state index contributed by atoms with van der Waals surface area (Å²) in [6.07, 6.45) is 2.57. The van der Waals surface area contributed by atoms with Crippen molar-refractivity contribution < 1.29 is 17.9 Å². The SMILES string of the molecule is CCOC(=O)C(C)(CCCCN1CCS(=O)(=O)CC1)NC. The van der Waals surface area contributed by atoms with Crippen LogP contribution in [0.2, 0.25) is 0 Å². The number of nitrogens with zero attached hydrogens (tertiary/aromatic N) is 1. The predicted octanol–water partition coefficient (Wildman–Crippen LogP) is 0.428. The standard InChI is InChI=1S/C14H28N2O4S/c1-4-20-13(17)14(2,15-3)7-5-6-8-16-9-11-21(18,19)12-10-16/h15H,4-12H2,1-3H3. The third kappa shape index (κ3) is 5.92. The molecule has 124 valence electrons. The molecule has 0 bridgehead atoms. The van der Waals surface area contributed by atoms with Crippen LogP contribution in [0.1, 0.15) is 33.1 Å². The maximum atomic E-state index is 11.9. The molecule has 1 N–H and O–H groups in total. The van der Waals surface area contributed by atoms with Crippen LogP contribution in [0.25, 0.3) is 0 Å². The quantitative estimate of drug-likeness (QED) is 0.516. The molecule has 0 aromatic rings. The lowest BCUT2D eigenvalue weighted by atomic mass is 9.95. The Hall–Kier alpha value is -0.660. The average molecular weight is 320 g/mol. The molecule has 1 aliphatic heterocycles. The lowest BCUT2D eigenvalue weighted by Gasteiger charge is -2.28. The number of hydrogen-bond acceptors (Lipinski definition) is 6. The highest BCUT2D eigenvalue weighted by atomic mass is 32.2. The van der Waals surface area contributed by atoms with Crippen LogP contribution in [0.5, 0.6) is 0 Å². The Morgan fingerprint density at radius 3 is 2.43 bits per heavy atom. The molecule has 0 saturated carbocycles. The molecular weight excluding hydrogens is 292 g/mol. The summed E-state index contributed by atoms with van der Waals surface area (Å²) in [5, 5.41) is 3.04. The van der Waals surface area contributed by atoms with Gasteiger partial charge < -0.3 is 15.0 Å². The van der Waals surface area contributed by atoms with E-state index in [1.54, 1.807) is 14.0 Å². The lowest BCUT2D eigenvalue weighted by molar-refractivity contribution is -0.150. The van der Waals surface area contributed by atoms with E-state index in [1.165, 1.54) is 0 Å². The zero-order valence-electron chi connectivity index (χ0n) is 13.4. The molecular formula is C14H28N2O4S. The number of carbonyl (C=O) groups excluding carboxylic acids is 1. The van der Waals surface area contributed by atoms with Crippen LogP contribution < -0.4 is 5.32 Å². The second kappa shape index (κ2) is 8.10. The van der Waals surface area contributed by atoms with Gasteiger partial charge in [0.05, 0.1) is 18.1 Å². The van der Waals surface area contributed by atoms with Gasteiger partial charge in [-0.05, 0) is 46.7 Å². The van der Waals surface area contributed by atoms with Crippen molar-refractivity contribution in [1.82, 2.24) is 10.2 Å². The van der Waals surface area contributed by atoms with Crippen LogP contribution in [-0.4, -0.2) is 69.6 Å². The van der Waals surface area contributed by atoms with Crippen molar-refractivity contribution in [3.8, 4) is 0 Å². The number of ether oxygens (including phenoxy) is 1. The Bertz CT molecular complexity index is 424. The Labute approximate surface area is 128 Å². The number of sulfone groups is 1. The van der Waals surface area contributed by atoms with Gasteiger partial charge in [-0.2, -0.15) is 0 Å². The highest BCUT2D eigenvalue weighted by Crippen LogP contribution is 2.16. The fourth-order valence-corrected chi connectivity index (χ4v) is 3.68. The van der Waals surface area contributed by atoms with E-state index in [1.807, 2.05) is 6.92 Å². The molecule has 21 heavy (non-hydrogen) atoms. The van der Waals surface area contributed by atoms with Crippen LogP contribution in [0, 0.1) is 0 Å². The first-order valence-electron chi connectivity index (χ1n) is 7.62. The summed E-state index contributed by atoms with van der Waals surface area (Å²) in [5.41, 5.74) is -0.638. The topological polar surface area (TPSA) is 75.7 Å². The molecule has 1 rings (SSSR count). The van der Waals surface area contributed by atoms with Crippen molar-refractivity contribution in [3.05, 3.63) is 0 Å². The van der Waals surface area contributed by atoms with Crippen LogP contribution in [-0.2, 0) is 19.4 Å². The monoisotopic (exact) mass is 320 g/mol. The third-order valence-corrected chi connectivity index (χ3v) is 5.73. The average Bonchev–Trinajstić information content (AvgIpc) is 2.45. The zero-order chi connectivity index (χ0) is 15.9. The molecule has 1 heterocycles. The van der Waals surface area contributed by atoms with Crippen molar-refractivity contribution in [3.63, 3.8) is 0 Å². The van der Waals surface area contributed by atoms with E-state index < -0.39 is 15.4 Å². The number of hydrogen-bond donors (Lipinski definition) is 1. The summed E-state index contributed by atoms with van der Waals surface area (Å²) >= 11 is 0. The van der Waals surface area contributed by atoms with Gasteiger partial charge in [-0.1, -0.05) is 0 Å². The number of carbonyl (C=O) groups is 1. The first-order chi connectivity index (χ1) is 9.83. The Balaban J connectivity index is 2.28. The molecule has 1 fully saturated rings. The normalized spacial score (nSPS) is 21.7. The molecule has 1 unspecified atom stereocenters. The van der Waals surface area contributed by atoms with E-state index in [9.17, 15) is 13.2 Å². The highest BCUT2D eigenvalue weighted by molar-refractivity contribution is 7.91. The summed E-state index contributed by atoms with van der Waals surface area (Å²) in [6, 6.07) is 0. The number of nitrogens with one attached hydrogen (secondary N) is 1. The number of rotatable bonds is 8. The summed E-state index contributed by atoms with van der Waals surface area (Å²) in [7, 11) is -1.03. The highest BCUT2D eigenvalue weighted by Gasteiger charge is 2.32. The second-order valence-corrected chi connectivity index (χ2v) is 8.06. The van der Waals surface area contributed by atoms with Gasteiger partial charge in [0, 0.05) is 13.1 Å². The first-order valence-corrected chi connectivity index (χ1v) is 9.44. The third-order valence-electron chi connectivity index (χ3n) is 4.12. The van der Waals surface area contributed by atoms with E-state index in [-0.39, 0.29) is 17.5 Å². The van der Waals surface area contributed by atoms with Gasteiger partial charge in [0.1, 0.15) is 5.54 Å². The zero-order valence-corrected chi connectivity index (χ0v) is 14.2. The molecule has 6 nitrogen and oxygen atoms in total. The Kier molecular flexibility index (Phi) is 7.09. The summed E-state index contributed by atoms with van der Waals surface area (Å²) in [6.45, 7) is 6.19. The summed E-state index contributed by atoms with van der Waals surface area (Å²) in [5.74, 6) is 0.324. The van der Waals surface area contributed by atoms with Crippen molar-refractivity contribution in [2.24, 2.45) is 0 Å². The minimum absolute atomic E-state index is 0.212. The summed E-state index contributed by atoms with van der Waals surface area (Å²) < 4.78 is 27.8. The summed E-state index contributed by atoms with van der Waals surface area (Å²) in [4.78, 5) is 14.1. The van der Waals surface area contributed by atoms with Crippen LogP contribution in [0.15, 0.2) is 0 Å². The van der Waals surface area contributed by atoms with Crippen LogP contribution >= 0.6 is 0 Å². The molecule has 0 aromatic heterocycles. The van der Waals surface area contributed by atoms with Crippen LogP contribution in [0.4, 0.5) is 0 Å². The molecule has 0 amide bonds. The van der Waals surface area contributed by atoms with Gasteiger partial charge in [-0.15, -0.1) is 0 Å². The van der Waals surface area contributed by atoms with Gasteiger partial charge in [0.15, 0.2) is 9.84 Å². The molecule has 1 atom stereocenters. The number of likely N-dealkylation sites (N-methyl/N-ethyl adjacent to an activating group) is 1. The molecule has 0 spiro atoms. The van der Waals surface area contributed by atoms with E-state index >= 15 is 0 Å². The maximum Gasteiger partial charge on any atom is 0.326 e. The minimum atomic E-state index is -2.80. The number of unbranched alkanes of at least 4 members (excludes halogenated alkanes) is 1. The van der Waals surface area contributed by atoms with E-state index in [0.717, 1.165) is 19.4 Å². The largest absolute Gasteiger partial charge is 0.465 e. The van der Waals surface area contributed by atoms with Gasteiger partial charge in [-0.25, -0.2) is 8.42 Å². The Morgan fingerprint density at radius 1 is 1.29 bits per heavy atom. The maximum absolute atomic E-state index is 11.9. The van der Waals surface area contributed by atoms with E-state index in [0.29, 0.717) is 26.1 Å². The molecule has 7 heteroatoms. The van der Waals surface area contributed by atoms with Crippen molar-refractivity contribution in [1.29, 1.82) is 0 Å². The van der Waals surface area contributed by atoms with Gasteiger partial charge in [0.2, 0.25) is 0 Å². The molecule has 0 radical (unpaired) electrons. The van der Waals surface area contributed by atoms with Crippen molar-refractivity contribution in [2.45, 2.75) is 38.6 Å². The smallest absolute Gasteiger partial charge is 0.326 e. The van der Waals surface area contributed by atoms with Crippen molar-refractivity contribution in [2.75, 3.05) is 44.8 Å². The van der Waals surface area contributed by atoms with Gasteiger partial charge in [0.25, 0.3) is 0 Å². The predicted molar refractivity (Wildman–Crippen MR) is 83.0 cm³/mol. The molecule has 0 aliphatic carbocycles. The lowest BCUT2D eigenvalue weighted by Crippen LogP contribution is -2.48. The first kappa shape index (κ1) is 18.4. The fraction of sp³-hybridized carbons (Fsp3) is 0.929. The van der Waals surface area contributed by atoms with Gasteiger partial charge in [-0.3, -0.25) is 4.79 Å². The van der Waals surface area contributed by atoms with E-state index in [4.69, 9.17) is 4.74 Å². The molecule has 1 saturated heterocycles.